The van der Waals surface area contributed by atoms with Gasteiger partial charge in [-0.2, -0.15) is 0 Å². The summed E-state index contributed by atoms with van der Waals surface area (Å²) in [6.07, 6.45) is -0.0796. The number of rotatable bonds is 2. The molecule has 0 spiro atoms. The van der Waals surface area contributed by atoms with Crippen LogP contribution in [0.25, 0.3) is 0 Å². The molecule has 0 radical (unpaired) electrons. The zero-order valence-corrected chi connectivity index (χ0v) is 12.1. The first kappa shape index (κ1) is 13.2. The molecule has 0 N–H and O–H groups in total. The third-order valence-electron chi connectivity index (χ3n) is 3.67. The number of benzene rings is 1. The van der Waals surface area contributed by atoms with Crippen LogP contribution in [0.15, 0.2) is 40.4 Å². The second-order valence-corrected chi connectivity index (χ2v) is 6.91. The van der Waals surface area contributed by atoms with Crippen molar-refractivity contribution in [3.8, 4) is 0 Å². The highest BCUT2D eigenvalue weighted by Gasteiger charge is 2.43. The number of hydrogen-bond acceptors (Lipinski definition) is 4. The number of nitrogens with zero attached hydrogens (tertiary/aromatic N) is 1. The Bertz CT molecular complexity index is 703. The normalized spacial score (nSPS) is 22.2. The predicted molar refractivity (Wildman–Crippen MR) is 72.3 cm³/mol. The van der Waals surface area contributed by atoms with Crippen molar-refractivity contribution in [2.24, 2.45) is 0 Å². The average molecular weight is 293 g/mol. The van der Waals surface area contributed by atoms with Gasteiger partial charge in [0, 0.05) is 13.0 Å². The highest BCUT2D eigenvalue weighted by Crippen LogP contribution is 2.37. The minimum absolute atomic E-state index is 0.239. The first-order chi connectivity index (χ1) is 9.41. The molecule has 0 amide bonds. The van der Waals surface area contributed by atoms with Crippen LogP contribution in [-0.4, -0.2) is 31.3 Å². The van der Waals surface area contributed by atoms with Crippen LogP contribution in [-0.2, 0) is 19.6 Å². The van der Waals surface area contributed by atoms with E-state index in [0.717, 1.165) is 5.56 Å². The molecule has 20 heavy (non-hydrogen) atoms. The molecular formula is C14H15NO4S. The number of sulfonamides is 1. The molecule has 1 aromatic carbocycles. The van der Waals surface area contributed by atoms with Crippen LogP contribution in [0.5, 0.6) is 0 Å². The summed E-state index contributed by atoms with van der Waals surface area (Å²) < 4.78 is 31.7. The fourth-order valence-corrected chi connectivity index (χ4v) is 4.23. The maximum atomic E-state index is 12.7. The Morgan fingerprint density at radius 1 is 1.25 bits per heavy atom. The maximum Gasteiger partial charge on any atom is 0.336 e. The number of esters is 1. The lowest BCUT2D eigenvalue weighted by Crippen LogP contribution is -2.32. The third-order valence-corrected chi connectivity index (χ3v) is 5.49. The molecule has 2 aliphatic heterocycles. The van der Waals surface area contributed by atoms with Gasteiger partial charge in [0.05, 0.1) is 16.2 Å². The summed E-state index contributed by atoms with van der Waals surface area (Å²) in [5.41, 5.74) is 1.99. The van der Waals surface area contributed by atoms with Gasteiger partial charge in [-0.1, -0.05) is 17.7 Å². The molecule has 0 bridgehead atoms. The zero-order chi connectivity index (χ0) is 14.5. The Hall–Kier alpha value is -1.82. The predicted octanol–water partition coefficient (Wildman–Crippen LogP) is 1.59. The Morgan fingerprint density at radius 3 is 2.55 bits per heavy atom. The van der Waals surface area contributed by atoms with Gasteiger partial charge in [0.1, 0.15) is 6.10 Å². The lowest BCUT2D eigenvalue weighted by atomic mass is 10.2. The summed E-state index contributed by atoms with van der Waals surface area (Å²) in [7, 11) is -3.62. The van der Waals surface area contributed by atoms with Gasteiger partial charge >= 0.3 is 5.97 Å². The number of aryl methyl sites for hydroxylation is 1. The van der Waals surface area contributed by atoms with Crippen molar-refractivity contribution >= 4 is 16.0 Å². The monoisotopic (exact) mass is 293 g/mol. The van der Waals surface area contributed by atoms with E-state index >= 15 is 0 Å². The average Bonchev–Trinajstić information content (AvgIpc) is 2.94. The lowest BCUT2D eigenvalue weighted by Gasteiger charge is -2.23. The van der Waals surface area contributed by atoms with Gasteiger partial charge < -0.3 is 4.74 Å². The molecule has 5 nitrogen and oxygen atoms in total. The van der Waals surface area contributed by atoms with E-state index < -0.39 is 22.1 Å². The fraction of sp³-hybridized carbons (Fsp3) is 0.357. The SMILES string of the molecule is Cc1ccc(S(=O)(=O)N2CCC3=C2C(C)OC3=O)cc1. The van der Waals surface area contributed by atoms with E-state index in [4.69, 9.17) is 4.74 Å². The number of hydrogen-bond donors (Lipinski definition) is 0. The smallest absolute Gasteiger partial charge is 0.336 e. The summed E-state index contributed by atoms with van der Waals surface area (Å²) >= 11 is 0. The van der Waals surface area contributed by atoms with E-state index in [-0.39, 0.29) is 4.90 Å². The van der Waals surface area contributed by atoms with E-state index in [1.165, 1.54) is 4.31 Å². The summed E-state index contributed by atoms with van der Waals surface area (Å²) in [6, 6.07) is 6.70. The zero-order valence-electron chi connectivity index (χ0n) is 11.3. The number of carbonyl (C=O) groups is 1. The van der Waals surface area contributed by atoms with Crippen LogP contribution in [0.1, 0.15) is 18.9 Å². The van der Waals surface area contributed by atoms with Crippen molar-refractivity contribution in [2.75, 3.05) is 6.54 Å². The van der Waals surface area contributed by atoms with Crippen LogP contribution < -0.4 is 0 Å². The highest BCUT2D eigenvalue weighted by atomic mass is 32.2. The Balaban J connectivity index is 2.03. The molecule has 0 aromatic heterocycles. The molecular weight excluding hydrogens is 278 g/mol. The van der Waals surface area contributed by atoms with Crippen molar-refractivity contribution in [3.63, 3.8) is 0 Å². The van der Waals surface area contributed by atoms with Crippen LogP contribution in [0, 0.1) is 6.92 Å². The van der Waals surface area contributed by atoms with Gasteiger partial charge in [-0.05, 0) is 26.0 Å². The van der Waals surface area contributed by atoms with Crippen molar-refractivity contribution in [3.05, 3.63) is 41.1 Å². The highest BCUT2D eigenvalue weighted by molar-refractivity contribution is 7.89. The van der Waals surface area contributed by atoms with Crippen LogP contribution >= 0.6 is 0 Å². The molecule has 0 saturated heterocycles. The van der Waals surface area contributed by atoms with Crippen molar-refractivity contribution < 1.29 is 17.9 Å². The minimum atomic E-state index is -3.62. The molecule has 1 aromatic rings. The van der Waals surface area contributed by atoms with Gasteiger partial charge in [-0.15, -0.1) is 0 Å². The van der Waals surface area contributed by atoms with Gasteiger partial charge in [-0.3, -0.25) is 4.31 Å². The summed E-state index contributed by atoms with van der Waals surface area (Å²) in [6.45, 7) is 3.90. The Labute approximate surface area is 117 Å². The topological polar surface area (TPSA) is 63.7 Å². The second kappa shape index (κ2) is 4.34. The molecule has 106 valence electrons. The number of carbonyl (C=O) groups excluding carboxylic acids is 1. The number of cyclic esters (lactones) is 1. The standard InChI is InChI=1S/C14H15NO4S/c1-9-3-5-11(6-4-9)20(17,18)15-8-7-12-13(15)10(2)19-14(12)16/h3-6,10H,7-8H2,1-2H3. The maximum absolute atomic E-state index is 12.7. The second-order valence-electron chi connectivity index (χ2n) is 5.05. The van der Waals surface area contributed by atoms with Gasteiger partial charge in [-0.25, -0.2) is 13.2 Å². The molecule has 3 rings (SSSR count). The molecule has 2 aliphatic rings. The summed E-state index contributed by atoms with van der Waals surface area (Å²) in [5, 5.41) is 0. The third kappa shape index (κ3) is 1.83. The largest absolute Gasteiger partial charge is 0.453 e. The van der Waals surface area contributed by atoms with E-state index in [2.05, 4.69) is 0 Å². The van der Waals surface area contributed by atoms with E-state index in [0.29, 0.717) is 24.2 Å². The first-order valence-electron chi connectivity index (χ1n) is 6.44. The van der Waals surface area contributed by atoms with E-state index in [1.807, 2.05) is 6.92 Å². The van der Waals surface area contributed by atoms with Crippen LogP contribution in [0.4, 0.5) is 0 Å². The minimum Gasteiger partial charge on any atom is -0.453 e. The molecule has 2 heterocycles. The van der Waals surface area contributed by atoms with Crippen LogP contribution in [0.2, 0.25) is 0 Å². The fourth-order valence-electron chi connectivity index (χ4n) is 2.64. The van der Waals surface area contributed by atoms with Crippen molar-refractivity contribution in [1.82, 2.24) is 4.31 Å². The van der Waals surface area contributed by atoms with Gasteiger partial charge in [0.25, 0.3) is 10.0 Å². The van der Waals surface area contributed by atoms with Crippen molar-refractivity contribution in [1.29, 1.82) is 0 Å². The molecule has 1 atom stereocenters. The quantitative estimate of drug-likeness (QED) is 0.777. The first-order valence-corrected chi connectivity index (χ1v) is 7.88. The molecule has 0 aliphatic carbocycles. The molecule has 6 heteroatoms. The van der Waals surface area contributed by atoms with E-state index in [9.17, 15) is 13.2 Å². The summed E-state index contributed by atoms with van der Waals surface area (Å²) in [5.74, 6) is -0.394. The number of ether oxygens (including phenoxy) is 1. The molecule has 0 saturated carbocycles. The van der Waals surface area contributed by atoms with Gasteiger partial charge in [0.2, 0.25) is 0 Å². The summed E-state index contributed by atoms with van der Waals surface area (Å²) in [4.78, 5) is 11.9. The van der Waals surface area contributed by atoms with Gasteiger partial charge in [0.15, 0.2) is 0 Å². The van der Waals surface area contributed by atoms with Crippen molar-refractivity contribution in [2.45, 2.75) is 31.3 Å². The molecule has 1 unspecified atom stereocenters. The molecule has 0 fully saturated rings. The van der Waals surface area contributed by atoms with Crippen LogP contribution in [0.3, 0.4) is 0 Å². The lowest BCUT2D eigenvalue weighted by molar-refractivity contribution is -0.139. The van der Waals surface area contributed by atoms with E-state index in [1.54, 1.807) is 31.2 Å². The Morgan fingerprint density at radius 2 is 1.90 bits per heavy atom. The Kier molecular flexibility index (Phi) is 2.86.